The molecule has 0 unspecified atom stereocenters. The molecule has 0 aliphatic carbocycles. The first-order valence-corrected chi connectivity index (χ1v) is 5.65. The van der Waals surface area contributed by atoms with Gasteiger partial charge < -0.3 is 0 Å². The minimum Gasteiger partial charge on any atom is -0.249 e. The SMILES string of the molecule is N#Cc1ccnc(Sc2cccs2)c1. The lowest BCUT2D eigenvalue weighted by Crippen LogP contribution is -1.80. The van der Waals surface area contributed by atoms with Crippen LogP contribution >= 0.6 is 23.1 Å². The van der Waals surface area contributed by atoms with Crippen LogP contribution in [0, 0.1) is 11.3 Å². The number of nitrogens with zero attached hydrogens (tertiary/aromatic N) is 2. The van der Waals surface area contributed by atoms with Gasteiger partial charge >= 0.3 is 0 Å². The van der Waals surface area contributed by atoms with Gasteiger partial charge in [-0.15, -0.1) is 11.3 Å². The van der Waals surface area contributed by atoms with E-state index in [0.29, 0.717) is 5.56 Å². The second-order valence-corrected chi connectivity index (χ2v) is 4.80. The standard InChI is InChI=1S/C10H6N2S2/c11-7-8-3-4-12-9(6-8)14-10-2-1-5-13-10/h1-6H. The maximum atomic E-state index is 8.70. The lowest BCUT2D eigenvalue weighted by molar-refractivity contribution is 1.13. The normalized spacial score (nSPS) is 9.64. The van der Waals surface area contributed by atoms with E-state index in [-0.39, 0.29) is 0 Å². The number of hydrogen-bond acceptors (Lipinski definition) is 4. The molecule has 0 N–H and O–H groups in total. The highest BCUT2D eigenvalue weighted by Gasteiger charge is 2.00. The zero-order valence-electron chi connectivity index (χ0n) is 7.18. The predicted molar refractivity (Wildman–Crippen MR) is 57.4 cm³/mol. The molecule has 2 aromatic heterocycles. The molecular formula is C10H6N2S2. The van der Waals surface area contributed by atoms with Crippen molar-refractivity contribution in [2.45, 2.75) is 9.24 Å². The Morgan fingerprint density at radius 2 is 2.36 bits per heavy atom. The number of pyridine rings is 1. The molecule has 0 atom stereocenters. The lowest BCUT2D eigenvalue weighted by Gasteiger charge is -1.96. The fourth-order valence-corrected chi connectivity index (χ4v) is 2.68. The fraction of sp³-hybridized carbons (Fsp3) is 0. The molecule has 0 aromatic carbocycles. The fourth-order valence-electron chi connectivity index (χ4n) is 0.959. The highest BCUT2D eigenvalue weighted by Crippen LogP contribution is 2.29. The molecule has 0 radical (unpaired) electrons. The number of hydrogen-bond donors (Lipinski definition) is 0. The van der Waals surface area contributed by atoms with Gasteiger partial charge in [0.15, 0.2) is 0 Å². The average Bonchev–Trinajstić information content (AvgIpc) is 2.71. The first-order valence-electron chi connectivity index (χ1n) is 3.96. The van der Waals surface area contributed by atoms with Crippen LogP contribution in [0.4, 0.5) is 0 Å². The van der Waals surface area contributed by atoms with Crippen molar-refractivity contribution in [2.75, 3.05) is 0 Å². The van der Waals surface area contributed by atoms with Crippen molar-refractivity contribution in [2.24, 2.45) is 0 Å². The molecule has 2 aromatic rings. The summed E-state index contributed by atoms with van der Waals surface area (Å²) < 4.78 is 1.19. The van der Waals surface area contributed by atoms with Crippen LogP contribution < -0.4 is 0 Å². The number of aromatic nitrogens is 1. The van der Waals surface area contributed by atoms with Crippen molar-refractivity contribution in [3.63, 3.8) is 0 Å². The van der Waals surface area contributed by atoms with Gasteiger partial charge in [-0.05, 0) is 23.6 Å². The summed E-state index contributed by atoms with van der Waals surface area (Å²) in [7, 11) is 0. The van der Waals surface area contributed by atoms with E-state index in [4.69, 9.17) is 5.26 Å². The van der Waals surface area contributed by atoms with Crippen LogP contribution in [0.5, 0.6) is 0 Å². The Morgan fingerprint density at radius 1 is 1.43 bits per heavy atom. The first-order chi connectivity index (χ1) is 6.88. The number of rotatable bonds is 2. The highest BCUT2D eigenvalue weighted by atomic mass is 32.2. The van der Waals surface area contributed by atoms with Crippen LogP contribution in [0.3, 0.4) is 0 Å². The molecule has 0 aliphatic heterocycles. The highest BCUT2D eigenvalue weighted by molar-refractivity contribution is 8.01. The molecule has 0 saturated carbocycles. The van der Waals surface area contributed by atoms with E-state index in [9.17, 15) is 0 Å². The van der Waals surface area contributed by atoms with Crippen LogP contribution in [-0.2, 0) is 0 Å². The number of nitriles is 1. The van der Waals surface area contributed by atoms with Crippen molar-refractivity contribution in [3.8, 4) is 6.07 Å². The Balaban J connectivity index is 2.22. The summed E-state index contributed by atoms with van der Waals surface area (Å²) in [6.45, 7) is 0. The summed E-state index contributed by atoms with van der Waals surface area (Å²) in [4.78, 5) is 4.18. The summed E-state index contributed by atoms with van der Waals surface area (Å²) in [6, 6.07) is 9.64. The molecule has 0 fully saturated rings. The van der Waals surface area contributed by atoms with Gasteiger partial charge in [0.25, 0.3) is 0 Å². The van der Waals surface area contributed by atoms with Crippen LogP contribution in [-0.4, -0.2) is 4.98 Å². The van der Waals surface area contributed by atoms with E-state index >= 15 is 0 Å². The van der Waals surface area contributed by atoms with Crippen LogP contribution in [0.1, 0.15) is 5.56 Å². The monoisotopic (exact) mass is 218 g/mol. The second kappa shape index (κ2) is 4.27. The molecule has 68 valence electrons. The molecule has 0 spiro atoms. The molecule has 0 bridgehead atoms. The summed E-state index contributed by atoms with van der Waals surface area (Å²) >= 11 is 3.25. The maximum Gasteiger partial charge on any atom is 0.103 e. The van der Waals surface area contributed by atoms with Gasteiger partial charge in [0.1, 0.15) is 5.03 Å². The summed E-state index contributed by atoms with van der Waals surface area (Å²) in [6.07, 6.45) is 1.66. The summed E-state index contributed by atoms with van der Waals surface area (Å²) in [5.74, 6) is 0. The van der Waals surface area contributed by atoms with Gasteiger partial charge in [0.2, 0.25) is 0 Å². The van der Waals surface area contributed by atoms with Gasteiger partial charge in [0.05, 0.1) is 15.8 Å². The van der Waals surface area contributed by atoms with Gasteiger partial charge in [-0.1, -0.05) is 17.8 Å². The Morgan fingerprint density at radius 3 is 3.07 bits per heavy atom. The van der Waals surface area contributed by atoms with E-state index in [1.165, 1.54) is 4.21 Å². The molecular weight excluding hydrogens is 212 g/mol. The van der Waals surface area contributed by atoms with Crippen molar-refractivity contribution >= 4 is 23.1 Å². The van der Waals surface area contributed by atoms with E-state index < -0.39 is 0 Å². The molecule has 14 heavy (non-hydrogen) atoms. The minimum atomic E-state index is 0.652. The smallest absolute Gasteiger partial charge is 0.103 e. The Kier molecular flexibility index (Phi) is 2.82. The zero-order chi connectivity index (χ0) is 9.80. The third kappa shape index (κ3) is 2.13. The minimum absolute atomic E-state index is 0.652. The zero-order valence-corrected chi connectivity index (χ0v) is 8.81. The van der Waals surface area contributed by atoms with E-state index in [0.717, 1.165) is 5.03 Å². The molecule has 0 aliphatic rings. The van der Waals surface area contributed by atoms with Crippen molar-refractivity contribution < 1.29 is 0 Å². The van der Waals surface area contributed by atoms with Gasteiger partial charge in [-0.25, -0.2) is 4.98 Å². The molecule has 2 nitrogen and oxygen atoms in total. The second-order valence-electron chi connectivity index (χ2n) is 2.53. The maximum absolute atomic E-state index is 8.70. The average molecular weight is 218 g/mol. The van der Waals surface area contributed by atoms with E-state index in [1.807, 2.05) is 17.5 Å². The van der Waals surface area contributed by atoms with E-state index in [1.54, 1.807) is 41.4 Å². The van der Waals surface area contributed by atoms with Crippen molar-refractivity contribution in [3.05, 3.63) is 41.4 Å². The third-order valence-corrected chi connectivity index (χ3v) is 3.53. The molecule has 2 heterocycles. The molecule has 0 saturated heterocycles. The van der Waals surface area contributed by atoms with Crippen LogP contribution in [0.25, 0.3) is 0 Å². The lowest BCUT2D eigenvalue weighted by atomic mass is 10.3. The summed E-state index contributed by atoms with van der Waals surface area (Å²) in [5.41, 5.74) is 0.652. The third-order valence-electron chi connectivity index (χ3n) is 1.56. The quantitative estimate of drug-likeness (QED) is 0.776. The van der Waals surface area contributed by atoms with Gasteiger partial charge in [-0.2, -0.15) is 5.26 Å². The summed E-state index contributed by atoms with van der Waals surface area (Å²) in [5, 5.41) is 11.6. The van der Waals surface area contributed by atoms with E-state index in [2.05, 4.69) is 11.1 Å². The van der Waals surface area contributed by atoms with Crippen molar-refractivity contribution in [1.29, 1.82) is 5.26 Å². The Hall–Kier alpha value is -1.31. The first kappa shape index (κ1) is 9.25. The molecule has 2 rings (SSSR count). The topological polar surface area (TPSA) is 36.7 Å². The largest absolute Gasteiger partial charge is 0.249 e. The Labute approximate surface area is 90.2 Å². The molecule has 4 heteroatoms. The van der Waals surface area contributed by atoms with Crippen LogP contribution in [0.2, 0.25) is 0 Å². The van der Waals surface area contributed by atoms with Gasteiger partial charge in [-0.3, -0.25) is 0 Å². The Bertz CT molecular complexity index is 457. The predicted octanol–water partition coefficient (Wildman–Crippen LogP) is 3.17. The number of thiophene rings is 1. The van der Waals surface area contributed by atoms with Crippen LogP contribution in [0.15, 0.2) is 45.1 Å². The van der Waals surface area contributed by atoms with Crippen molar-refractivity contribution in [1.82, 2.24) is 4.98 Å². The molecule has 0 amide bonds. The van der Waals surface area contributed by atoms with Gasteiger partial charge in [0, 0.05) is 6.20 Å².